The van der Waals surface area contributed by atoms with Crippen LogP contribution in [0.25, 0.3) is 0 Å². The van der Waals surface area contributed by atoms with E-state index < -0.39 is 5.97 Å². The van der Waals surface area contributed by atoms with Crippen molar-refractivity contribution in [3.63, 3.8) is 0 Å². The quantitative estimate of drug-likeness (QED) is 0.876. The van der Waals surface area contributed by atoms with Crippen LogP contribution in [0.1, 0.15) is 20.9 Å². The van der Waals surface area contributed by atoms with Gasteiger partial charge >= 0.3 is 5.97 Å². The molecule has 0 aliphatic carbocycles. The molecule has 0 unspecified atom stereocenters. The van der Waals surface area contributed by atoms with Crippen molar-refractivity contribution in [2.45, 2.75) is 13.5 Å². The molecule has 5 nitrogen and oxygen atoms in total. The minimum atomic E-state index is -0.946. The van der Waals surface area contributed by atoms with Gasteiger partial charge in [0.05, 0.1) is 17.7 Å². The second-order valence-corrected chi connectivity index (χ2v) is 4.84. The molecule has 0 atom stereocenters. The Morgan fingerprint density at radius 2 is 2.44 bits per heavy atom. The lowest BCUT2D eigenvalue weighted by Crippen LogP contribution is -2.04. The third-order valence-electron chi connectivity index (χ3n) is 1.98. The first-order valence-corrected chi connectivity index (χ1v) is 6.14. The molecule has 2 N–H and O–H groups in total. The molecule has 7 heteroatoms. The Bertz CT molecular complexity index is 493. The van der Waals surface area contributed by atoms with E-state index in [1.54, 1.807) is 18.6 Å². The van der Waals surface area contributed by atoms with Gasteiger partial charge in [-0.25, -0.2) is 4.79 Å². The van der Waals surface area contributed by atoms with Gasteiger partial charge in [-0.15, -0.1) is 11.3 Å². The monoisotopic (exact) mass is 255 g/mol. The molecular weight excluding hydrogens is 246 g/mol. The maximum atomic E-state index is 11.0. The first-order valence-electron chi connectivity index (χ1n) is 4.49. The van der Waals surface area contributed by atoms with Crippen molar-refractivity contribution in [1.29, 1.82) is 0 Å². The van der Waals surface area contributed by atoms with Crippen LogP contribution >= 0.6 is 22.9 Å². The van der Waals surface area contributed by atoms with Gasteiger partial charge < -0.3 is 10.4 Å². The van der Waals surface area contributed by atoms with E-state index in [1.807, 2.05) is 0 Å². The number of hydrogen-bond donors (Lipinski definition) is 2. The molecule has 2 aromatic heterocycles. The van der Waals surface area contributed by atoms with E-state index in [4.69, 9.17) is 5.11 Å². The highest BCUT2D eigenvalue weighted by molar-refractivity contribution is 7.11. The number of thiazole rings is 1. The SMILES string of the molecule is Cc1nsc(NCc2cncs2)c1C(=O)O. The smallest absolute Gasteiger partial charge is 0.340 e. The summed E-state index contributed by atoms with van der Waals surface area (Å²) >= 11 is 2.70. The van der Waals surface area contributed by atoms with E-state index in [-0.39, 0.29) is 5.56 Å². The number of carboxylic acids is 1. The first-order chi connectivity index (χ1) is 7.68. The van der Waals surface area contributed by atoms with Crippen molar-refractivity contribution < 1.29 is 9.90 Å². The molecule has 0 radical (unpaired) electrons. The van der Waals surface area contributed by atoms with Gasteiger partial charge in [0.25, 0.3) is 0 Å². The number of aromatic carboxylic acids is 1. The molecule has 0 saturated carbocycles. The normalized spacial score (nSPS) is 10.3. The predicted molar refractivity (Wildman–Crippen MR) is 63.3 cm³/mol. The van der Waals surface area contributed by atoms with E-state index in [2.05, 4.69) is 14.7 Å². The number of nitrogens with one attached hydrogen (secondary N) is 1. The lowest BCUT2D eigenvalue weighted by molar-refractivity contribution is 0.0697. The highest BCUT2D eigenvalue weighted by atomic mass is 32.1. The summed E-state index contributed by atoms with van der Waals surface area (Å²) in [6, 6.07) is 0. The number of rotatable bonds is 4. The van der Waals surface area contributed by atoms with E-state index in [1.165, 1.54) is 22.9 Å². The number of aryl methyl sites for hydroxylation is 1. The Kier molecular flexibility index (Phi) is 3.16. The standard InChI is InChI=1S/C9H9N3O2S2/c1-5-7(9(13)14)8(16-12-5)11-3-6-2-10-4-15-6/h2,4,11H,3H2,1H3,(H,13,14). The first kappa shape index (κ1) is 11.0. The zero-order chi connectivity index (χ0) is 11.5. The Morgan fingerprint density at radius 3 is 3.06 bits per heavy atom. The van der Waals surface area contributed by atoms with Crippen molar-refractivity contribution >= 4 is 33.8 Å². The van der Waals surface area contributed by atoms with Gasteiger partial charge in [-0.3, -0.25) is 4.98 Å². The highest BCUT2D eigenvalue weighted by Gasteiger charge is 2.17. The van der Waals surface area contributed by atoms with Gasteiger partial charge in [0.15, 0.2) is 0 Å². The number of carboxylic acid groups (broad SMARTS) is 1. The summed E-state index contributed by atoms with van der Waals surface area (Å²) in [6.07, 6.45) is 1.76. The third kappa shape index (κ3) is 2.20. The Balaban J connectivity index is 2.13. The molecule has 0 spiro atoms. The van der Waals surface area contributed by atoms with Crippen LogP contribution in [0.3, 0.4) is 0 Å². The summed E-state index contributed by atoms with van der Waals surface area (Å²) in [7, 11) is 0. The van der Waals surface area contributed by atoms with Crippen LogP contribution in [0.15, 0.2) is 11.7 Å². The van der Waals surface area contributed by atoms with E-state index in [9.17, 15) is 4.79 Å². The van der Waals surface area contributed by atoms with Gasteiger partial charge in [-0.05, 0) is 18.5 Å². The molecule has 2 rings (SSSR count). The molecule has 0 amide bonds. The number of aromatic nitrogens is 2. The van der Waals surface area contributed by atoms with Crippen LogP contribution in [0, 0.1) is 6.92 Å². The molecule has 0 bridgehead atoms. The van der Waals surface area contributed by atoms with Crippen molar-refractivity contribution in [2.24, 2.45) is 0 Å². The Morgan fingerprint density at radius 1 is 1.62 bits per heavy atom. The third-order valence-corrected chi connectivity index (χ3v) is 3.66. The minimum Gasteiger partial charge on any atom is -0.478 e. The van der Waals surface area contributed by atoms with Crippen molar-refractivity contribution in [2.75, 3.05) is 5.32 Å². The lowest BCUT2D eigenvalue weighted by atomic mass is 10.2. The summed E-state index contributed by atoms with van der Waals surface area (Å²) in [5, 5.41) is 12.7. The van der Waals surface area contributed by atoms with Crippen molar-refractivity contribution in [3.8, 4) is 0 Å². The van der Waals surface area contributed by atoms with Crippen LogP contribution in [-0.2, 0) is 6.54 Å². The van der Waals surface area contributed by atoms with Crippen molar-refractivity contribution in [3.05, 3.63) is 27.8 Å². The molecule has 2 aromatic rings. The summed E-state index contributed by atoms with van der Waals surface area (Å²) in [5.74, 6) is -0.946. The molecule has 2 heterocycles. The van der Waals surface area contributed by atoms with Crippen LogP contribution in [-0.4, -0.2) is 20.4 Å². The molecule has 0 aliphatic heterocycles. The fourth-order valence-corrected chi connectivity index (χ4v) is 2.56. The Labute approximate surface area is 100.0 Å². The molecule has 0 fully saturated rings. The number of anilines is 1. The average Bonchev–Trinajstić information content (AvgIpc) is 2.83. The molecule has 0 aliphatic rings. The van der Waals surface area contributed by atoms with Gasteiger partial charge in [0.1, 0.15) is 10.6 Å². The summed E-state index contributed by atoms with van der Waals surface area (Å²) in [6.45, 7) is 2.27. The average molecular weight is 255 g/mol. The second kappa shape index (κ2) is 4.58. The Hall–Kier alpha value is -1.47. The number of hydrogen-bond acceptors (Lipinski definition) is 6. The minimum absolute atomic E-state index is 0.259. The summed E-state index contributed by atoms with van der Waals surface area (Å²) < 4.78 is 4.02. The topological polar surface area (TPSA) is 75.1 Å². The van der Waals surface area contributed by atoms with Gasteiger partial charge in [0, 0.05) is 11.1 Å². The molecule has 84 valence electrons. The van der Waals surface area contributed by atoms with E-state index in [0.717, 1.165) is 4.88 Å². The zero-order valence-electron chi connectivity index (χ0n) is 8.43. The van der Waals surface area contributed by atoms with Crippen LogP contribution in [0.4, 0.5) is 5.00 Å². The lowest BCUT2D eigenvalue weighted by Gasteiger charge is -2.02. The maximum Gasteiger partial charge on any atom is 0.340 e. The predicted octanol–water partition coefficient (Wildman–Crippen LogP) is 2.22. The van der Waals surface area contributed by atoms with E-state index in [0.29, 0.717) is 17.2 Å². The van der Waals surface area contributed by atoms with E-state index >= 15 is 0 Å². The molecular formula is C9H9N3O2S2. The summed E-state index contributed by atoms with van der Waals surface area (Å²) in [5.41, 5.74) is 2.55. The maximum absolute atomic E-state index is 11.0. The highest BCUT2D eigenvalue weighted by Crippen LogP contribution is 2.25. The van der Waals surface area contributed by atoms with Gasteiger partial charge in [-0.2, -0.15) is 4.37 Å². The largest absolute Gasteiger partial charge is 0.478 e. The van der Waals surface area contributed by atoms with Crippen LogP contribution in [0.5, 0.6) is 0 Å². The molecule has 0 saturated heterocycles. The molecule has 16 heavy (non-hydrogen) atoms. The van der Waals surface area contributed by atoms with Gasteiger partial charge in [0.2, 0.25) is 0 Å². The van der Waals surface area contributed by atoms with Crippen molar-refractivity contribution in [1.82, 2.24) is 9.36 Å². The fraction of sp³-hybridized carbons (Fsp3) is 0.222. The number of nitrogens with zero attached hydrogens (tertiary/aromatic N) is 2. The number of carbonyl (C=O) groups is 1. The second-order valence-electron chi connectivity index (χ2n) is 3.10. The zero-order valence-corrected chi connectivity index (χ0v) is 10.1. The molecule has 0 aromatic carbocycles. The van der Waals surface area contributed by atoms with Crippen LogP contribution < -0.4 is 5.32 Å². The van der Waals surface area contributed by atoms with Gasteiger partial charge in [-0.1, -0.05) is 0 Å². The van der Waals surface area contributed by atoms with Crippen LogP contribution in [0.2, 0.25) is 0 Å². The fourth-order valence-electron chi connectivity index (χ4n) is 1.24. The summed E-state index contributed by atoms with van der Waals surface area (Å²) in [4.78, 5) is 16.0.